The number of rotatable bonds is 6. The van der Waals surface area contributed by atoms with E-state index in [2.05, 4.69) is 4.98 Å². The number of thiazole rings is 1. The first kappa shape index (κ1) is 25.9. The lowest BCUT2D eigenvalue weighted by Crippen LogP contribution is -2.48. The molecule has 3 heterocycles. The molecule has 2 atom stereocenters. The van der Waals surface area contributed by atoms with Crippen molar-refractivity contribution in [2.45, 2.75) is 49.9 Å². The number of benzene rings is 2. The molecule has 37 heavy (non-hydrogen) atoms. The third-order valence-electron chi connectivity index (χ3n) is 6.70. The van der Waals surface area contributed by atoms with Gasteiger partial charge in [-0.25, -0.2) is 13.4 Å². The second-order valence-electron chi connectivity index (χ2n) is 9.53. The van der Waals surface area contributed by atoms with Crippen molar-refractivity contribution in [1.82, 2.24) is 14.2 Å². The Balaban J connectivity index is 1.18. The summed E-state index contributed by atoms with van der Waals surface area (Å²) in [7, 11) is -2.01. The lowest BCUT2D eigenvalue weighted by atomic mass is 10.1. The average Bonchev–Trinajstić information content (AvgIpc) is 3.29. The van der Waals surface area contributed by atoms with Crippen molar-refractivity contribution in [3.63, 3.8) is 0 Å². The highest BCUT2D eigenvalue weighted by molar-refractivity contribution is 7.89. The van der Waals surface area contributed by atoms with E-state index < -0.39 is 10.0 Å². The molecule has 0 bridgehead atoms. The van der Waals surface area contributed by atoms with E-state index in [0.717, 1.165) is 16.0 Å². The molecule has 198 valence electrons. The van der Waals surface area contributed by atoms with E-state index in [1.807, 2.05) is 32.0 Å². The van der Waals surface area contributed by atoms with Crippen LogP contribution in [0, 0.1) is 0 Å². The number of likely N-dealkylation sites (tertiary alicyclic amines) is 1. The van der Waals surface area contributed by atoms with Crippen LogP contribution in [0.2, 0.25) is 0 Å². The number of carbonyl (C=O) groups is 1. The Morgan fingerprint density at radius 2 is 1.73 bits per heavy atom. The zero-order valence-corrected chi connectivity index (χ0v) is 22.8. The standard InChI is InChI=1S/C26H31N3O6S2/c1-17-15-29(16-18(2)34-17)37(31,32)22-7-4-19(5-8-22)25(30)28-12-10-20(11-13-28)35-26-27-23-9-6-21(33-3)14-24(23)36-26/h4-9,14,17-18,20H,10-13,15-16H2,1-3H3. The van der Waals surface area contributed by atoms with Gasteiger partial charge in [0.1, 0.15) is 11.9 Å². The Bertz CT molecular complexity index is 1360. The molecule has 2 unspecified atom stereocenters. The molecule has 0 spiro atoms. The molecule has 9 nitrogen and oxygen atoms in total. The molecule has 0 N–H and O–H groups in total. The largest absolute Gasteiger partial charge is 0.497 e. The number of methoxy groups -OCH3 is 1. The number of fused-ring (bicyclic) bond motifs is 1. The first-order valence-electron chi connectivity index (χ1n) is 12.4. The van der Waals surface area contributed by atoms with Gasteiger partial charge in [-0.3, -0.25) is 4.79 Å². The van der Waals surface area contributed by atoms with Crippen LogP contribution < -0.4 is 9.47 Å². The van der Waals surface area contributed by atoms with Gasteiger partial charge in [0.05, 0.1) is 34.4 Å². The van der Waals surface area contributed by atoms with Crippen molar-refractivity contribution >= 4 is 37.5 Å². The molecule has 2 fully saturated rings. The van der Waals surface area contributed by atoms with Crippen molar-refractivity contribution < 1.29 is 27.4 Å². The van der Waals surface area contributed by atoms with Crippen LogP contribution in [0.25, 0.3) is 10.2 Å². The van der Waals surface area contributed by atoms with Gasteiger partial charge in [-0.15, -0.1) is 0 Å². The van der Waals surface area contributed by atoms with E-state index in [9.17, 15) is 13.2 Å². The summed E-state index contributed by atoms with van der Waals surface area (Å²) in [5.41, 5.74) is 1.35. The number of morpholine rings is 1. The summed E-state index contributed by atoms with van der Waals surface area (Å²) in [5, 5.41) is 0.619. The minimum absolute atomic E-state index is 0.0164. The Labute approximate surface area is 221 Å². The number of hydrogen-bond donors (Lipinski definition) is 0. The summed E-state index contributed by atoms with van der Waals surface area (Å²) in [6, 6.07) is 12.0. The summed E-state index contributed by atoms with van der Waals surface area (Å²) in [6.45, 7) is 5.48. The Morgan fingerprint density at radius 1 is 1.05 bits per heavy atom. The van der Waals surface area contributed by atoms with Gasteiger partial charge in [0, 0.05) is 44.6 Å². The van der Waals surface area contributed by atoms with E-state index in [4.69, 9.17) is 14.2 Å². The molecule has 11 heteroatoms. The van der Waals surface area contributed by atoms with E-state index in [-0.39, 0.29) is 29.1 Å². The van der Waals surface area contributed by atoms with Crippen molar-refractivity contribution in [2.75, 3.05) is 33.3 Å². The Kier molecular flexibility index (Phi) is 7.39. The quantitative estimate of drug-likeness (QED) is 0.465. The maximum atomic E-state index is 13.1. The molecule has 1 aromatic heterocycles. The van der Waals surface area contributed by atoms with Gasteiger partial charge in [0.15, 0.2) is 0 Å². The highest BCUT2D eigenvalue weighted by atomic mass is 32.2. The highest BCUT2D eigenvalue weighted by Gasteiger charge is 2.32. The monoisotopic (exact) mass is 545 g/mol. The molecule has 0 saturated carbocycles. The van der Waals surface area contributed by atoms with Crippen molar-refractivity contribution in [3.05, 3.63) is 48.0 Å². The zero-order chi connectivity index (χ0) is 26.2. The number of amides is 1. The molecule has 0 aliphatic carbocycles. The molecule has 1 amide bonds. The highest BCUT2D eigenvalue weighted by Crippen LogP contribution is 2.32. The van der Waals surface area contributed by atoms with Crippen LogP contribution in [0.15, 0.2) is 47.4 Å². The fourth-order valence-electron chi connectivity index (χ4n) is 4.81. The molecule has 0 radical (unpaired) electrons. The molecule has 2 aromatic carbocycles. The number of aromatic nitrogens is 1. The zero-order valence-electron chi connectivity index (χ0n) is 21.1. The SMILES string of the molecule is COc1ccc2nc(OC3CCN(C(=O)c4ccc(S(=O)(=O)N5CC(C)OC(C)C5)cc4)CC3)sc2c1. The minimum atomic E-state index is -3.65. The number of ether oxygens (including phenoxy) is 3. The second kappa shape index (κ2) is 10.6. The number of piperidine rings is 1. The van der Waals surface area contributed by atoms with Gasteiger partial charge in [0.2, 0.25) is 10.0 Å². The normalized spacial score (nSPS) is 21.8. The number of hydrogen-bond acceptors (Lipinski definition) is 8. The smallest absolute Gasteiger partial charge is 0.274 e. The van der Waals surface area contributed by atoms with E-state index >= 15 is 0 Å². The summed E-state index contributed by atoms with van der Waals surface area (Å²) in [5.74, 6) is 0.675. The lowest BCUT2D eigenvalue weighted by Gasteiger charge is -2.34. The molecule has 2 saturated heterocycles. The maximum Gasteiger partial charge on any atom is 0.274 e. The summed E-state index contributed by atoms with van der Waals surface area (Å²) in [4.78, 5) is 19.6. The van der Waals surface area contributed by atoms with E-state index in [1.165, 1.54) is 27.8 Å². The first-order chi connectivity index (χ1) is 17.7. The molecular weight excluding hydrogens is 514 g/mol. The fraction of sp³-hybridized carbons (Fsp3) is 0.462. The van der Waals surface area contributed by atoms with Gasteiger partial charge in [-0.2, -0.15) is 4.31 Å². The molecule has 3 aromatic rings. The average molecular weight is 546 g/mol. The fourth-order valence-corrected chi connectivity index (χ4v) is 7.31. The van der Waals surface area contributed by atoms with Crippen LogP contribution in [0.3, 0.4) is 0 Å². The van der Waals surface area contributed by atoms with Crippen molar-refractivity contribution in [3.8, 4) is 10.9 Å². The van der Waals surface area contributed by atoms with Gasteiger partial charge in [-0.05, 0) is 56.3 Å². The van der Waals surface area contributed by atoms with Crippen molar-refractivity contribution in [1.29, 1.82) is 0 Å². The Morgan fingerprint density at radius 3 is 2.38 bits per heavy atom. The number of nitrogens with zero attached hydrogens (tertiary/aromatic N) is 3. The third-order valence-corrected chi connectivity index (χ3v) is 9.45. The van der Waals surface area contributed by atoms with Crippen LogP contribution in [0.5, 0.6) is 10.9 Å². The Hall–Kier alpha value is -2.73. The van der Waals surface area contributed by atoms with Crippen LogP contribution in [-0.2, 0) is 14.8 Å². The summed E-state index contributed by atoms with van der Waals surface area (Å²) < 4.78 is 45.7. The summed E-state index contributed by atoms with van der Waals surface area (Å²) in [6.07, 6.45) is 1.06. The maximum absolute atomic E-state index is 13.1. The predicted molar refractivity (Wildman–Crippen MR) is 141 cm³/mol. The molecule has 2 aliphatic heterocycles. The van der Waals surface area contributed by atoms with Crippen LogP contribution in [0.1, 0.15) is 37.0 Å². The van der Waals surface area contributed by atoms with Gasteiger partial charge in [0.25, 0.3) is 11.1 Å². The van der Waals surface area contributed by atoms with Gasteiger partial charge >= 0.3 is 0 Å². The summed E-state index contributed by atoms with van der Waals surface area (Å²) >= 11 is 1.48. The predicted octanol–water partition coefficient (Wildman–Crippen LogP) is 3.79. The van der Waals surface area contributed by atoms with Crippen LogP contribution >= 0.6 is 11.3 Å². The van der Waals surface area contributed by atoms with Crippen LogP contribution in [0.4, 0.5) is 0 Å². The molecular formula is C26H31N3O6S2. The van der Waals surface area contributed by atoms with Crippen LogP contribution in [-0.4, -0.2) is 80.1 Å². The van der Waals surface area contributed by atoms with Gasteiger partial charge in [-0.1, -0.05) is 11.3 Å². The number of sulfonamides is 1. The lowest BCUT2D eigenvalue weighted by molar-refractivity contribution is -0.0440. The van der Waals surface area contributed by atoms with E-state index in [1.54, 1.807) is 24.1 Å². The minimum Gasteiger partial charge on any atom is -0.497 e. The molecule has 2 aliphatic rings. The van der Waals surface area contributed by atoms with Crippen molar-refractivity contribution in [2.24, 2.45) is 0 Å². The van der Waals surface area contributed by atoms with Gasteiger partial charge < -0.3 is 19.1 Å². The first-order valence-corrected chi connectivity index (χ1v) is 14.6. The van der Waals surface area contributed by atoms with E-state index in [0.29, 0.717) is 49.8 Å². The molecule has 5 rings (SSSR count). The number of carbonyl (C=O) groups excluding carboxylic acids is 1. The second-order valence-corrected chi connectivity index (χ2v) is 12.5. The topological polar surface area (TPSA) is 98.3 Å². The third kappa shape index (κ3) is 5.59.